The van der Waals surface area contributed by atoms with Crippen molar-refractivity contribution >= 4 is 6.03 Å². The molecular formula is C18H31N5O. The number of nitrogens with one attached hydrogen (secondary N) is 2. The molecule has 0 spiro atoms. The molecule has 1 aliphatic heterocycles. The molecule has 6 heteroatoms. The maximum absolute atomic E-state index is 12.1. The van der Waals surface area contributed by atoms with Gasteiger partial charge in [0.05, 0.1) is 0 Å². The number of hydrogen-bond donors (Lipinski definition) is 2. The second-order valence-corrected chi connectivity index (χ2v) is 7.58. The molecule has 1 aliphatic carbocycles. The zero-order chi connectivity index (χ0) is 16.8. The number of rotatable bonds is 7. The minimum absolute atomic E-state index is 0.0324. The third-order valence-corrected chi connectivity index (χ3v) is 5.27. The fourth-order valence-electron chi connectivity index (χ4n) is 3.97. The first-order valence-corrected chi connectivity index (χ1v) is 9.43. The fraction of sp³-hybridized carbons (Fsp3) is 0.778. The molecule has 0 aromatic carbocycles. The van der Waals surface area contributed by atoms with Crippen molar-refractivity contribution in [3.05, 3.63) is 18.5 Å². The third kappa shape index (κ3) is 5.23. The molecule has 2 heterocycles. The van der Waals surface area contributed by atoms with Crippen LogP contribution in [0.2, 0.25) is 0 Å². The van der Waals surface area contributed by atoms with Gasteiger partial charge in [0, 0.05) is 51.2 Å². The van der Waals surface area contributed by atoms with Crippen LogP contribution in [0.4, 0.5) is 4.79 Å². The van der Waals surface area contributed by atoms with Crippen LogP contribution < -0.4 is 10.6 Å². The van der Waals surface area contributed by atoms with Crippen molar-refractivity contribution in [1.82, 2.24) is 25.3 Å². The number of urea groups is 1. The first kappa shape index (κ1) is 17.3. The average Bonchev–Trinajstić information content (AvgIpc) is 3.29. The molecule has 24 heavy (non-hydrogen) atoms. The van der Waals surface area contributed by atoms with Gasteiger partial charge in [0.25, 0.3) is 0 Å². The monoisotopic (exact) mass is 333 g/mol. The van der Waals surface area contributed by atoms with Crippen molar-refractivity contribution in [3.63, 3.8) is 0 Å². The normalized spacial score (nSPS) is 23.5. The van der Waals surface area contributed by atoms with Gasteiger partial charge < -0.3 is 15.5 Å². The molecule has 1 saturated carbocycles. The van der Waals surface area contributed by atoms with E-state index in [2.05, 4.69) is 27.6 Å². The van der Waals surface area contributed by atoms with Crippen LogP contribution in [0.1, 0.15) is 39.0 Å². The smallest absolute Gasteiger partial charge is 0.315 e. The molecule has 2 N–H and O–H groups in total. The Labute approximate surface area is 145 Å². The minimum atomic E-state index is -0.0324. The van der Waals surface area contributed by atoms with Crippen LogP contribution >= 0.6 is 0 Å². The Balaban J connectivity index is 1.30. The van der Waals surface area contributed by atoms with E-state index >= 15 is 0 Å². The number of amides is 2. The third-order valence-electron chi connectivity index (χ3n) is 5.27. The van der Waals surface area contributed by atoms with Gasteiger partial charge in [-0.1, -0.05) is 19.8 Å². The summed E-state index contributed by atoms with van der Waals surface area (Å²) in [5.74, 6) is 1.25. The largest absolute Gasteiger partial charge is 0.338 e. The van der Waals surface area contributed by atoms with Gasteiger partial charge in [-0.3, -0.25) is 4.68 Å². The first-order valence-electron chi connectivity index (χ1n) is 9.43. The quantitative estimate of drug-likeness (QED) is 0.803. The maximum atomic E-state index is 12.1. The number of likely N-dealkylation sites (tertiary alicyclic amines) is 1. The van der Waals surface area contributed by atoms with Crippen molar-refractivity contribution in [3.8, 4) is 0 Å². The highest BCUT2D eigenvalue weighted by Crippen LogP contribution is 2.26. The van der Waals surface area contributed by atoms with E-state index in [1.54, 1.807) is 6.20 Å². The Hall–Kier alpha value is -1.56. The molecule has 2 amide bonds. The molecule has 2 fully saturated rings. The highest BCUT2D eigenvalue weighted by Gasteiger charge is 2.26. The maximum Gasteiger partial charge on any atom is 0.315 e. The van der Waals surface area contributed by atoms with Crippen LogP contribution in [0.25, 0.3) is 0 Å². The number of carbonyl (C=O) groups excluding carboxylic acids is 1. The Kier molecular flexibility index (Phi) is 6.12. The molecule has 3 rings (SSSR count). The van der Waals surface area contributed by atoms with Crippen LogP contribution in [0.5, 0.6) is 0 Å². The summed E-state index contributed by atoms with van der Waals surface area (Å²) < 4.78 is 1.90. The molecule has 2 unspecified atom stereocenters. The van der Waals surface area contributed by atoms with Crippen LogP contribution in [-0.2, 0) is 6.54 Å². The van der Waals surface area contributed by atoms with E-state index in [9.17, 15) is 4.79 Å². The minimum Gasteiger partial charge on any atom is -0.338 e. The van der Waals surface area contributed by atoms with Gasteiger partial charge in [-0.2, -0.15) is 5.10 Å². The molecule has 2 aliphatic rings. The van der Waals surface area contributed by atoms with Gasteiger partial charge >= 0.3 is 6.03 Å². The fourth-order valence-corrected chi connectivity index (χ4v) is 3.97. The Morgan fingerprint density at radius 1 is 1.33 bits per heavy atom. The second-order valence-electron chi connectivity index (χ2n) is 7.58. The molecule has 134 valence electrons. The molecule has 0 radical (unpaired) electrons. The van der Waals surface area contributed by atoms with E-state index in [-0.39, 0.29) is 6.03 Å². The summed E-state index contributed by atoms with van der Waals surface area (Å²) in [5, 5.41) is 10.3. The predicted molar refractivity (Wildman–Crippen MR) is 94.7 cm³/mol. The van der Waals surface area contributed by atoms with E-state index in [0.29, 0.717) is 18.5 Å². The van der Waals surface area contributed by atoms with Crippen LogP contribution in [0, 0.1) is 11.8 Å². The number of aromatic nitrogens is 2. The summed E-state index contributed by atoms with van der Waals surface area (Å²) in [7, 11) is 0. The lowest BCUT2D eigenvalue weighted by Gasteiger charge is -2.20. The van der Waals surface area contributed by atoms with E-state index < -0.39 is 0 Å². The lowest BCUT2D eigenvalue weighted by molar-refractivity contribution is 0.232. The summed E-state index contributed by atoms with van der Waals surface area (Å²) >= 11 is 0. The van der Waals surface area contributed by atoms with Crippen LogP contribution in [-0.4, -0.2) is 52.9 Å². The lowest BCUT2D eigenvalue weighted by Crippen LogP contribution is -2.45. The molecule has 6 nitrogen and oxygen atoms in total. The van der Waals surface area contributed by atoms with Crippen molar-refractivity contribution in [1.29, 1.82) is 0 Å². The SMILES string of the molecule is CC(CNC(=O)NC1CCN(CC2CCCC2)C1)Cn1cccn1. The molecular weight excluding hydrogens is 302 g/mol. The van der Waals surface area contributed by atoms with Gasteiger partial charge in [0.15, 0.2) is 0 Å². The molecule has 2 atom stereocenters. The van der Waals surface area contributed by atoms with Gasteiger partial charge in [-0.25, -0.2) is 4.79 Å². The molecule has 1 aromatic heterocycles. The zero-order valence-electron chi connectivity index (χ0n) is 14.8. The van der Waals surface area contributed by atoms with E-state index in [1.807, 2.05) is 16.9 Å². The van der Waals surface area contributed by atoms with Crippen molar-refractivity contribution in [2.75, 3.05) is 26.2 Å². The van der Waals surface area contributed by atoms with Crippen molar-refractivity contribution in [2.24, 2.45) is 11.8 Å². The summed E-state index contributed by atoms with van der Waals surface area (Å²) in [5.41, 5.74) is 0. The van der Waals surface area contributed by atoms with E-state index in [4.69, 9.17) is 0 Å². The number of carbonyl (C=O) groups is 1. The molecule has 1 saturated heterocycles. The van der Waals surface area contributed by atoms with Gasteiger partial charge in [-0.15, -0.1) is 0 Å². The number of nitrogens with zero attached hydrogens (tertiary/aromatic N) is 3. The summed E-state index contributed by atoms with van der Waals surface area (Å²) in [6, 6.07) is 2.19. The second kappa shape index (κ2) is 8.51. The Morgan fingerprint density at radius 2 is 2.17 bits per heavy atom. The van der Waals surface area contributed by atoms with Gasteiger partial charge in [0.1, 0.15) is 0 Å². The van der Waals surface area contributed by atoms with Crippen molar-refractivity contribution in [2.45, 2.75) is 51.6 Å². The highest BCUT2D eigenvalue weighted by molar-refractivity contribution is 5.74. The highest BCUT2D eigenvalue weighted by atomic mass is 16.2. The van der Waals surface area contributed by atoms with Gasteiger partial charge in [-0.05, 0) is 37.2 Å². The molecule has 0 bridgehead atoms. The summed E-state index contributed by atoms with van der Waals surface area (Å²) in [6.07, 6.45) is 10.4. The lowest BCUT2D eigenvalue weighted by atomic mass is 10.1. The van der Waals surface area contributed by atoms with E-state index in [1.165, 1.54) is 32.2 Å². The van der Waals surface area contributed by atoms with Crippen LogP contribution in [0.3, 0.4) is 0 Å². The average molecular weight is 333 g/mol. The Bertz CT molecular complexity index is 498. The number of hydrogen-bond acceptors (Lipinski definition) is 3. The van der Waals surface area contributed by atoms with E-state index in [0.717, 1.165) is 32.0 Å². The topological polar surface area (TPSA) is 62.2 Å². The van der Waals surface area contributed by atoms with Crippen molar-refractivity contribution < 1.29 is 4.79 Å². The first-order chi connectivity index (χ1) is 11.7. The van der Waals surface area contributed by atoms with Gasteiger partial charge in [0.2, 0.25) is 0 Å². The zero-order valence-corrected chi connectivity index (χ0v) is 14.8. The molecule has 1 aromatic rings. The predicted octanol–water partition coefficient (Wildman–Crippen LogP) is 2.08. The Morgan fingerprint density at radius 3 is 2.92 bits per heavy atom. The summed E-state index contributed by atoms with van der Waals surface area (Å²) in [4.78, 5) is 14.6. The standard InChI is InChI=1S/C18H31N5O/c1-15(12-23-9-4-8-20-23)11-19-18(24)21-17-7-10-22(14-17)13-16-5-2-3-6-16/h4,8-9,15-17H,2-3,5-7,10-14H2,1H3,(H2,19,21,24). The summed E-state index contributed by atoms with van der Waals surface area (Å²) in [6.45, 7) is 6.97. The van der Waals surface area contributed by atoms with Crippen LogP contribution in [0.15, 0.2) is 18.5 Å².